The van der Waals surface area contributed by atoms with Gasteiger partial charge in [0.05, 0.1) is 6.07 Å². The number of hydrogen-bond acceptors (Lipinski definition) is 3. The van der Waals surface area contributed by atoms with Crippen molar-refractivity contribution in [2.75, 3.05) is 19.6 Å². The smallest absolute Gasteiger partial charge is 0.103 e. The highest BCUT2D eigenvalue weighted by Gasteiger charge is 2.33. The molecule has 3 heteroatoms. The van der Waals surface area contributed by atoms with Crippen LogP contribution in [-0.4, -0.2) is 36.1 Å². The lowest BCUT2D eigenvalue weighted by Gasteiger charge is -2.44. The average Bonchev–Trinajstić information content (AvgIpc) is 2.53. The molecule has 2 rings (SSSR count). The molecule has 1 saturated carbocycles. The molecule has 1 N–H and O–H groups in total. The van der Waals surface area contributed by atoms with Gasteiger partial charge in [-0.3, -0.25) is 5.32 Å². The number of nitriles is 1. The van der Waals surface area contributed by atoms with Crippen molar-refractivity contribution in [1.82, 2.24) is 10.2 Å². The molecular weight excluding hydrogens is 258 g/mol. The van der Waals surface area contributed by atoms with Crippen LogP contribution in [0.25, 0.3) is 0 Å². The van der Waals surface area contributed by atoms with Gasteiger partial charge in [-0.1, -0.05) is 19.8 Å². The lowest BCUT2D eigenvalue weighted by molar-refractivity contribution is 0.0585. The first-order valence-corrected chi connectivity index (χ1v) is 9.09. The summed E-state index contributed by atoms with van der Waals surface area (Å²) in [4.78, 5) is 2.74. The molecule has 0 amide bonds. The van der Waals surface area contributed by atoms with Gasteiger partial charge in [-0.25, -0.2) is 0 Å². The minimum Gasteiger partial charge on any atom is -0.300 e. The van der Waals surface area contributed by atoms with E-state index in [0.717, 1.165) is 37.8 Å². The van der Waals surface area contributed by atoms with Crippen LogP contribution in [0.2, 0.25) is 0 Å². The Bertz CT molecular complexity index is 347. The van der Waals surface area contributed by atoms with E-state index < -0.39 is 0 Å². The van der Waals surface area contributed by atoms with Crippen LogP contribution in [0.3, 0.4) is 0 Å². The van der Waals surface area contributed by atoms with E-state index in [-0.39, 0.29) is 5.54 Å². The number of nitrogens with zero attached hydrogens (tertiary/aromatic N) is 2. The standard InChI is InChI=1S/C18H33N3/c1-3-12-20-18(2,15-19)11-7-14-21-13-6-9-16-8-4-5-10-17(16)21/h16-17,20H,3-14H2,1-2H3/t16-,17-,18?/m1/s1. The van der Waals surface area contributed by atoms with E-state index in [1.165, 1.54) is 51.6 Å². The fourth-order valence-corrected chi connectivity index (χ4v) is 4.23. The summed E-state index contributed by atoms with van der Waals surface area (Å²) in [5.74, 6) is 0.966. The second kappa shape index (κ2) is 8.15. The highest BCUT2D eigenvalue weighted by molar-refractivity contribution is 5.03. The van der Waals surface area contributed by atoms with Gasteiger partial charge in [0.1, 0.15) is 5.54 Å². The number of nitrogens with one attached hydrogen (secondary N) is 1. The Labute approximate surface area is 131 Å². The van der Waals surface area contributed by atoms with E-state index in [2.05, 4.69) is 30.1 Å². The summed E-state index contributed by atoms with van der Waals surface area (Å²) < 4.78 is 0. The van der Waals surface area contributed by atoms with E-state index >= 15 is 0 Å². The Morgan fingerprint density at radius 3 is 2.76 bits per heavy atom. The zero-order valence-corrected chi connectivity index (χ0v) is 14.0. The zero-order valence-electron chi connectivity index (χ0n) is 14.0. The van der Waals surface area contributed by atoms with Gasteiger partial charge in [-0.05, 0) is 77.4 Å². The van der Waals surface area contributed by atoms with Crippen LogP contribution >= 0.6 is 0 Å². The average molecular weight is 291 g/mol. The van der Waals surface area contributed by atoms with Crippen LogP contribution in [0.4, 0.5) is 0 Å². The predicted molar refractivity (Wildman–Crippen MR) is 88.1 cm³/mol. The van der Waals surface area contributed by atoms with E-state index in [4.69, 9.17) is 0 Å². The molecule has 2 fully saturated rings. The molecule has 21 heavy (non-hydrogen) atoms. The first-order chi connectivity index (χ1) is 10.2. The van der Waals surface area contributed by atoms with Crippen LogP contribution in [-0.2, 0) is 0 Å². The normalized spacial score (nSPS) is 29.4. The fourth-order valence-electron chi connectivity index (χ4n) is 4.23. The Hall–Kier alpha value is -0.590. The summed E-state index contributed by atoms with van der Waals surface area (Å²) in [5, 5.41) is 12.8. The molecule has 0 spiro atoms. The molecule has 1 aliphatic carbocycles. The summed E-state index contributed by atoms with van der Waals surface area (Å²) in [7, 11) is 0. The fraction of sp³-hybridized carbons (Fsp3) is 0.944. The molecule has 0 bridgehead atoms. The van der Waals surface area contributed by atoms with Gasteiger partial charge in [0.2, 0.25) is 0 Å². The maximum atomic E-state index is 9.41. The van der Waals surface area contributed by atoms with Gasteiger partial charge in [0, 0.05) is 6.04 Å². The molecule has 2 aliphatic rings. The lowest BCUT2D eigenvalue weighted by Crippen LogP contribution is -2.48. The highest BCUT2D eigenvalue weighted by atomic mass is 15.2. The van der Waals surface area contributed by atoms with Crippen molar-refractivity contribution in [2.24, 2.45) is 5.92 Å². The molecule has 3 nitrogen and oxygen atoms in total. The van der Waals surface area contributed by atoms with E-state index in [9.17, 15) is 5.26 Å². The number of piperidine rings is 1. The molecule has 0 aromatic heterocycles. The van der Waals surface area contributed by atoms with Gasteiger partial charge in [0.15, 0.2) is 0 Å². The Morgan fingerprint density at radius 2 is 2.00 bits per heavy atom. The van der Waals surface area contributed by atoms with Crippen LogP contribution in [0, 0.1) is 17.2 Å². The Kier molecular flexibility index (Phi) is 6.51. The monoisotopic (exact) mass is 291 g/mol. The summed E-state index contributed by atoms with van der Waals surface area (Å²) in [6.07, 6.45) is 11.8. The summed E-state index contributed by atoms with van der Waals surface area (Å²) >= 11 is 0. The van der Waals surface area contributed by atoms with Gasteiger partial charge in [0.25, 0.3) is 0 Å². The molecule has 0 aromatic rings. The molecule has 1 saturated heterocycles. The van der Waals surface area contributed by atoms with Crippen molar-refractivity contribution in [3.8, 4) is 6.07 Å². The molecule has 120 valence electrons. The predicted octanol–water partition coefficient (Wildman–Crippen LogP) is 3.70. The first-order valence-electron chi connectivity index (χ1n) is 9.09. The van der Waals surface area contributed by atoms with Crippen LogP contribution in [0.1, 0.15) is 71.6 Å². The maximum Gasteiger partial charge on any atom is 0.103 e. The van der Waals surface area contributed by atoms with Crippen molar-refractivity contribution in [1.29, 1.82) is 5.26 Å². The minimum absolute atomic E-state index is 0.336. The van der Waals surface area contributed by atoms with Gasteiger partial charge in [-0.2, -0.15) is 5.26 Å². The van der Waals surface area contributed by atoms with Crippen LogP contribution in [0.5, 0.6) is 0 Å². The topological polar surface area (TPSA) is 39.1 Å². The van der Waals surface area contributed by atoms with Gasteiger partial charge >= 0.3 is 0 Å². The van der Waals surface area contributed by atoms with Crippen molar-refractivity contribution >= 4 is 0 Å². The lowest BCUT2D eigenvalue weighted by atomic mass is 9.78. The largest absolute Gasteiger partial charge is 0.300 e. The van der Waals surface area contributed by atoms with Crippen molar-refractivity contribution in [2.45, 2.75) is 83.2 Å². The molecule has 1 aliphatic heterocycles. The van der Waals surface area contributed by atoms with E-state index in [1.54, 1.807) is 0 Å². The number of hydrogen-bond donors (Lipinski definition) is 1. The van der Waals surface area contributed by atoms with E-state index in [0.29, 0.717) is 0 Å². The zero-order chi connectivity index (χ0) is 15.1. The molecule has 3 atom stereocenters. The van der Waals surface area contributed by atoms with Crippen molar-refractivity contribution in [3.05, 3.63) is 0 Å². The summed E-state index contributed by atoms with van der Waals surface area (Å²) in [5.41, 5.74) is -0.336. The van der Waals surface area contributed by atoms with Crippen molar-refractivity contribution in [3.63, 3.8) is 0 Å². The molecular formula is C18H33N3. The maximum absolute atomic E-state index is 9.41. The number of likely N-dealkylation sites (tertiary alicyclic amines) is 1. The quantitative estimate of drug-likeness (QED) is 0.777. The molecule has 0 radical (unpaired) electrons. The highest BCUT2D eigenvalue weighted by Crippen LogP contribution is 2.35. The molecule has 0 aromatic carbocycles. The SMILES string of the molecule is CCCNC(C)(C#N)CCCN1CCC[C@H]2CCCC[C@H]21. The third-order valence-corrected chi connectivity index (χ3v) is 5.49. The first kappa shape index (κ1) is 16.8. The summed E-state index contributed by atoms with van der Waals surface area (Å²) in [6.45, 7) is 7.63. The third-order valence-electron chi connectivity index (χ3n) is 5.49. The number of rotatable bonds is 7. The number of fused-ring (bicyclic) bond motifs is 1. The second-order valence-electron chi connectivity index (χ2n) is 7.26. The summed E-state index contributed by atoms with van der Waals surface area (Å²) in [6, 6.07) is 3.33. The molecule has 1 heterocycles. The van der Waals surface area contributed by atoms with Crippen LogP contribution in [0.15, 0.2) is 0 Å². The van der Waals surface area contributed by atoms with E-state index in [1.807, 2.05) is 0 Å². The minimum atomic E-state index is -0.336. The van der Waals surface area contributed by atoms with Gasteiger partial charge in [-0.15, -0.1) is 0 Å². The van der Waals surface area contributed by atoms with Crippen LogP contribution < -0.4 is 5.32 Å². The third kappa shape index (κ3) is 4.69. The van der Waals surface area contributed by atoms with Gasteiger partial charge < -0.3 is 4.90 Å². The second-order valence-corrected chi connectivity index (χ2v) is 7.26. The Balaban J connectivity index is 1.77. The Morgan fingerprint density at radius 1 is 1.24 bits per heavy atom. The van der Waals surface area contributed by atoms with Crippen molar-refractivity contribution < 1.29 is 0 Å². The molecule has 1 unspecified atom stereocenters.